The summed E-state index contributed by atoms with van der Waals surface area (Å²) in [6, 6.07) is 0. The van der Waals surface area contributed by atoms with E-state index in [1.165, 1.54) is 0 Å². The second-order valence-corrected chi connectivity index (χ2v) is 4.08. The Kier molecular flexibility index (Phi) is 19.0. The molecule has 0 saturated carbocycles. The second kappa shape index (κ2) is 16.9. The van der Waals surface area contributed by atoms with E-state index in [0.717, 1.165) is 12.5 Å². The second-order valence-electron chi connectivity index (χ2n) is 4.08. The van der Waals surface area contributed by atoms with Crippen LogP contribution in [0.1, 0.15) is 26.7 Å². The highest BCUT2D eigenvalue weighted by Gasteiger charge is 2.04. The number of hydrogen-bond donors (Lipinski definition) is 5. The van der Waals surface area contributed by atoms with Gasteiger partial charge in [-0.3, -0.25) is 14.4 Å². The molecule has 0 aliphatic carbocycles. The molecule has 0 bridgehead atoms. The highest BCUT2D eigenvalue weighted by molar-refractivity contribution is 5.92. The summed E-state index contributed by atoms with van der Waals surface area (Å²) in [4.78, 5) is 29.8. The van der Waals surface area contributed by atoms with Gasteiger partial charge in [0.05, 0.1) is 12.7 Å². The Bertz CT molecular complexity index is 368. The number of nitrogens with two attached hydrogens (primary N) is 1. The lowest BCUT2D eigenvalue weighted by Gasteiger charge is -2.07. The summed E-state index contributed by atoms with van der Waals surface area (Å²) in [7, 11) is 0. The molecule has 1 unspecified atom stereocenters. The number of nitrogens with one attached hydrogen (secondary N) is 1. The van der Waals surface area contributed by atoms with Crippen LogP contribution in [0.5, 0.6) is 0 Å². The lowest BCUT2D eigenvalue weighted by molar-refractivity contribution is -0.137. The van der Waals surface area contributed by atoms with Crippen molar-refractivity contribution in [2.75, 3.05) is 13.2 Å². The maximum absolute atomic E-state index is 10.8. The zero-order valence-electron chi connectivity index (χ0n) is 13.0. The van der Waals surface area contributed by atoms with Crippen LogP contribution in [0.3, 0.4) is 0 Å². The molecule has 1 atom stereocenters. The molecule has 0 saturated heterocycles. The van der Waals surface area contributed by atoms with Crippen molar-refractivity contribution in [3.05, 3.63) is 24.8 Å². The summed E-state index contributed by atoms with van der Waals surface area (Å²) >= 11 is 0. The Labute approximate surface area is 130 Å². The van der Waals surface area contributed by atoms with Gasteiger partial charge in [-0.2, -0.15) is 0 Å². The molecule has 0 aliphatic heterocycles. The molecular weight excluding hydrogens is 292 g/mol. The third-order valence-corrected chi connectivity index (χ3v) is 1.76. The van der Waals surface area contributed by atoms with Gasteiger partial charge in [-0.05, 0) is 19.4 Å². The maximum atomic E-state index is 10.8. The van der Waals surface area contributed by atoms with E-state index in [4.69, 9.17) is 15.3 Å². The van der Waals surface area contributed by atoms with Crippen LogP contribution in [-0.4, -0.2) is 52.4 Å². The fourth-order valence-corrected chi connectivity index (χ4v) is 0.640. The van der Waals surface area contributed by atoms with Gasteiger partial charge in [-0.15, -0.1) is 0 Å². The molecule has 8 heteroatoms. The number of aliphatic carboxylic acids is 1. The lowest BCUT2D eigenvalue weighted by atomic mass is 10.3. The van der Waals surface area contributed by atoms with E-state index in [9.17, 15) is 14.4 Å². The van der Waals surface area contributed by atoms with Gasteiger partial charge in [0.2, 0.25) is 11.8 Å². The van der Waals surface area contributed by atoms with E-state index in [1.54, 1.807) is 6.92 Å². The number of primary amides is 1. The average Bonchev–Trinajstić information content (AvgIpc) is 2.45. The molecule has 0 aromatic heterocycles. The topological polar surface area (TPSA) is 150 Å². The number of carbonyl (C=O) groups is 3. The molecule has 0 aliphatic rings. The first-order valence-corrected chi connectivity index (χ1v) is 6.48. The quantitative estimate of drug-likeness (QED) is 0.402. The van der Waals surface area contributed by atoms with Crippen molar-refractivity contribution in [3.63, 3.8) is 0 Å². The van der Waals surface area contributed by atoms with Gasteiger partial charge in [0.1, 0.15) is 0 Å². The van der Waals surface area contributed by atoms with E-state index >= 15 is 0 Å². The predicted molar refractivity (Wildman–Crippen MR) is 82.9 cm³/mol. The van der Waals surface area contributed by atoms with E-state index < -0.39 is 18.0 Å². The van der Waals surface area contributed by atoms with Crippen LogP contribution in [-0.2, 0) is 14.4 Å². The predicted octanol–water partition coefficient (Wildman–Crippen LogP) is -0.439. The van der Waals surface area contributed by atoms with Crippen LogP contribution in [0.25, 0.3) is 0 Å². The van der Waals surface area contributed by atoms with Gasteiger partial charge in [-0.1, -0.05) is 20.1 Å². The lowest BCUT2D eigenvalue weighted by Crippen LogP contribution is -2.34. The number of rotatable bonds is 7. The summed E-state index contributed by atoms with van der Waals surface area (Å²) in [6.45, 7) is 9.61. The minimum atomic E-state index is -0.890. The van der Waals surface area contributed by atoms with E-state index in [0.29, 0.717) is 12.0 Å². The van der Waals surface area contributed by atoms with Crippen molar-refractivity contribution in [1.82, 2.24) is 5.32 Å². The first kappa shape index (κ1) is 24.8. The number of hydrogen-bond acceptors (Lipinski definition) is 5. The average molecular weight is 318 g/mol. The van der Waals surface area contributed by atoms with E-state index in [1.807, 2.05) is 6.92 Å². The minimum Gasteiger partial charge on any atom is -0.481 e. The van der Waals surface area contributed by atoms with Crippen molar-refractivity contribution >= 4 is 17.8 Å². The first-order chi connectivity index (χ1) is 10.1. The number of aliphatic hydroxyl groups excluding tert-OH is 2. The summed E-state index contributed by atoms with van der Waals surface area (Å²) < 4.78 is 0. The highest BCUT2D eigenvalue weighted by Crippen LogP contribution is 1.85. The van der Waals surface area contributed by atoms with E-state index in [-0.39, 0.29) is 19.1 Å². The van der Waals surface area contributed by atoms with E-state index in [2.05, 4.69) is 24.2 Å². The fourth-order valence-electron chi connectivity index (χ4n) is 0.640. The highest BCUT2D eigenvalue weighted by atomic mass is 16.4. The molecule has 0 spiro atoms. The van der Waals surface area contributed by atoms with Crippen LogP contribution in [0.4, 0.5) is 0 Å². The summed E-state index contributed by atoms with van der Waals surface area (Å²) in [5.74, 6) is -1.50. The number of carboxylic acid groups (broad SMARTS) is 1. The fraction of sp³-hybridized carbons (Fsp3) is 0.500. The molecule has 6 N–H and O–H groups in total. The van der Waals surface area contributed by atoms with Crippen molar-refractivity contribution in [2.24, 2.45) is 5.73 Å². The Morgan fingerprint density at radius 1 is 1.36 bits per heavy atom. The minimum absolute atomic E-state index is 0.0577. The maximum Gasteiger partial charge on any atom is 0.303 e. The molecule has 0 radical (unpaired) electrons. The Hall–Kier alpha value is -2.19. The van der Waals surface area contributed by atoms with Crippen LogP contribution in [0, 0.1) is 0 Å². The Morgan fingerprint density at radius 2 is 1.82 bits per heavy atom. The van der Waals surface area contributed by atoms with Gasteiger partial charge in [0.25, 0.3) is 0 Å². The summed E-state index contributed by atoms with van der Waals surface area (Å²) in [5.41, 5.74) is 4.92. The molecule has 0 aromatic carbocycles. The summed E-state index contributed by atoms with van der Waals surface area (Å²) in [6.07, 6.45) is 1.19. The number of carboxylic acids is 1. The molecule has 128 valence electrons. The zero-order chi connectivity index (χ0) is 18.1. The largest absolute Gasteiger partial charge is 0.481 e. The normalized spacial score (nSPS) is 9.82. The number of carbonyl (C=O) groups excluding carboxylic acids is 2. The smallest absolute Gasteiger partial charge is 0.303 e. The number of aliphatic hydroxyl groups is 2. The van der Waals surface area contributed by atoms with Crippen molar-refractivity contribution < 1.29 is 29.7 Å². The van der Waals surface area contributed by atoms with Crippen LogP contribution in [0.15, 0.2) is 24.8 Å². The molecule has 0 fully saturated rings. The molecule has 2 amide bonds. The molecule has 22 heavy (non-hydrogen) atoms. The molecule has 0 rings (SSSR count). The SMILES string of the molecule is C=C(C)C(=O)NCC(O)CO.C=CC(N)=O.CCCC(=O)O. The van der Waals surface area contributed by atoms with Gasteiger partial charge in [0.15, 0.2) is 0 Å². The Morgan fingerprint density at radius 3 is 2.00 bits per heavy atom. The van der Waals surface area contributed by atoms with Crippen molar-refractivity contribution in [2.45, 2.75) is 32.8 Å². The van der Waals surface area contributed by atoms with Gasteiger partial charge in [-0.25, -0.2) is 0 Å². The van der Waals surface area contributed by atoms with Gasteiger partial charge in [0, 0.05) is 18.5 Å². The first-order valence-electron chi connectivity index (χ1n) is 6.48. The third-order valence-electron chi connectivity index (χ3n) is 1.76. The monoisotopic (exact) mass is 318 g/mol. The zero-order valence-corrected chi connectivity index (χ0v) is 13.0. The third kappa shape index (κ3) is 26.4. The molecule has 0 heterocycles. The van der Waals surface area contributed by atoms with Gasteiger partial charge >= 0.3 is 5.97 Å². The number of amides is 2. The molecule has 8 nitrogen and oxygen atoms in total. The van der Waals surface area contributed by atoms with Crippen LogP contribution in [0.2, 0.25) is 0 Å². The van der Waals surface area contributed by atoms with Crippen LogP contribution >= 0.6 is 0 Å². The van der Waals surface area contributed by atoms with Crippen LogP contribution < -0.4 is 11.1 Å². The molecular formula is C14H26N2O6. The molecule has 0 aromatic rings. The Balaban J connectivity index is -0.000000277. The van der Waals surface area contributed by atoms with Crippen molar-refractivity contribution in [1.29, 1.82) is 0 Å². The summed E-state index contributed by atoms with van der Waals surface area (Å²) in [5, 5.41) is 27.5. The van der Waals surface area contributed by atoms with Gasteiger partial charge < -0.3 is 26.4 Å². The van der Waals surface area contributed by atoms with Crippen molar-refractivity contribution in [3.8, 4) is 0 Å². The standard InChI is InChI=1S/C7H13NO3.C4H8O2.C3H5NO/c1-5(2)7(11)8-3-6(10)4-9;1-2-3-4(5)6;1-2-3(4)5/h6,9-10H,1,3-4H2,2H3,(H,8,11);2-3H2,1H3,(H,5,6);2H,1H2,(H2,4,5).